The first-order chi connectivity index (χ1) is 57.4. The number of rotatable bonds is 16. The van der Waals surface area contributed by atoms with Crippen molar-refractivity contribution in [2.45, 2.75) is 0 Å². The molecule has 21 aromatic rings. The van der Waals surface area contributed by atoms with E-state index in [2.05, 4.69) is 243 Å². The third kappa shape index (κ3) is 13.0. The van der Waals surface area contributed by atoms with E-state index < -0.39 is 0 Å². The number of nitrogens with zero attached hydrogens (tertiary/aromatic N) is 9. The number of hydrogen-bond acceptors (Lipinski definition) is 11. The zero-order valence-electron chi connectivity index (χ0n) is 62.4. The Kier molecular flexibility index (Phi) is 17.3. The number of para-hydroxylation sites is 2. The molecule has 0 unspecified atom stereocenters. The second-order valence-corrected chi connectivity index (χ2v) is 28.7. The van der Waals surface area contributed by atoms with Crippen LogP contribution in [-0.4, -0.2) is 44.9 Å². The number of aromatic nitrogens is 9. The molecule has 6 heterocycles. The van der Waals surface area contributed by atoms with Crippen LogP contribution >= 0.6 is 0 Å². The summed E-state index contributed by atoms with van der Waals surface area (Å²) in [6.45, 7) is 0. The van der Waals surface area contributed by atoms with E-state index >= 15 is 0 Å². The summed E-state index contributed by atoms with van der Waals surface area (Å²) in [5.74, 6) is 3.50. The molecule has 0 saturated heterocycles. The maximum atomic E-state index is 7.24. The first-order valence-electron chi connectivity index (χ1n) is 38.6. The molecule has 21 rings (SSSR count). The van der Waals surface area contributed by atoms with Crippen molar-refractivity contribution in [3.05, 3.63) is 394 Å². The predicted octanol–water partition coefficient (Wildman–Crippen LogP) is 26.7. The van der Waals surface area contributed by atoms with Crippen molar-refractivity contribution in [3.8, 4) is 180 Å². The first kappa shape index (κ1) is 68.2. The highest BCUT2D eigenvalue weighted by atomic mass is 16.3. The lowest BCUT2D eigenvalue weighted by molar-refractivity contribution is 0.669. The van der Waals surface area contributed by atoms with Crippen LogP contribution in [0, 0.1) is 0 Å². The molecular formula is C105H65N9O2. The summed E-state index contributed by atoms with van der Waals surface area (Å²) in [6, 6.07) is 135. The average Bonchev–Trinajstić information content (AvgIpc) is 1.71. The van der Waals surface area contributed by atoms with Gasteiger partial charge in [0.05, 0.1) is 34.2 Å². The molecule has 116 heavy (non-hydrogen) atoms. The van der Waals surface area contributed by atoms with E-state index in [-0.39, 0.29) is 0 Å². The van der Waals surface area contributed by atoms with Gasteiger partial charge in [0.15, 0.2) is 34.9 Å². The third-order valence-corrected chi connectivity index (χ3v) is 21.5. The van der Waals surface area contributed by atoms with Crippen molar-refractivity contribution in [2.75, 3.05) is 0 Å². The molecule has 0 amide bonds. The maximum Gasteiger partial charge on any atom is 0.164 e. The standard InChI is InChI=1S/C105H65N9O2/c1-8-26-67(27-9-1)86-63-87(68-28-10-2-11-29-68)108-102(107-86)77-54-46-66(47-55-77)81-58-60-94-98(95(81)72-50-48-71(49-51-72)89-64-88(69-30-12-3-13-31-69)106-100(109-89)74-34-16-5-17-35-74)85-44-25-43-82(99(85)116-94)79-40-24-41-80(62-79)105-113-103(76-38-20-7-21-39-76)112-104(114-105)78-56-52-73(53-57-78)96-83(59-61-93-97(96)84-42-22-23-45-92(84)115-93)91-65-90(70-32-14-4-15-33-70)110-101(111-91)75-36-18-6-19-37-75/h1-65H. The van der Waals surface area contributed by atoms with Crippen LogP contribution in [0.1, 0.15) is 0 Å². The van der Waals surface area contributed by atoms with E-state index in [1.165, 1.54) is 0 Å². The lowest BCUT2D eigenvalue weighted by Gasteiger charge is -2.15. The van der Waals surface area contributed by atoms with Crippen molar-refractivity contribution < 1.29 is 8.83 Å². The summed E-state index contributed by atoms with van der Waals surface area (Å²) in [5, 5.41) is 3.93. The van der Waals surface area contributed by atoms with Gasteiger partial charge in [-0.05, 0) is 76.3 Å². The Morgan fingerprint density at radius 2 is 0.457 bits per heavy atom. The predicted molar refractivity (Wildman–Crippen MR) is 468 cm³/mol. The summed E-state index contributed by atoms with van der Waals surface area (Å²) in [6.07, 6.45) is 0. The Morgan fingerprint density at radius 1 is 0.155 bits per heavy atom. The molecule has 0 saturated carbocycles. The topological polar surface area (TPSA) is 142 Å². The Hall–Kier alpha value is -15.9. The fourth-order valence-electron chi connectivity index (χ4n) is 15.8. The van der Waals surface area contributed by atoms with Gasteiger partial charge in [-0.3, -0.25) is 0 Å². The monoisotopic (exact) mass is 1480 g/mol. The molecule has 0 aliphatic carbocycles. The van der Waals surface area contributed by atoms with Crippen molar-refractivity contribution >= 4 is 43.9 Å². The molecule has 0 N–H and O–H groups in total. The zero-order valence-corrected chi connectivity index (χ0v) is 62.4. The number of benzene rings is 15. The summed E-state index contributed by atoms with van der Waals surface area (Å²) < 4.78 is 13.9. The van der Waals surface area contributed by atoms with E-state index in [1.54, 1.807) is 0 Å². The Labute approximate surface area is 668 Å². The fourth-order valence-corrected chi connectivity index (χ4v) is 15.8. The van der Waals surface area contributed by atoms with Crippen LogP contribution in [0.2, 0.25) is 0 Å². The minimum atomic E-state index is 0.517. The van der Waals surface area contributed by atoms with Crippen LogP contribution in [0.25, 0.3) is 224 Å². The normalized spacial score (nSPS) is 11.4. The van der Waals surface area contributed by atoms with Crippen LogP contribution in [-0.2, 0) is 0 Å². The summed E-state index contributed by atoms with van der Waals surface area (Å²) >= 11 is 0. The molecule has 0 aliphatic heterocycles. The van der Waals surface area contributed by atoms with Crippen LogP contribution in [0.3, 0.4) is 0 Å². The molecule has 6 aromatic heterocycles. The van der Waals surface area contributed by atoms with Crippen molar-refractivity contribution in [1.29, 1.82) is 0 Å². The molecule has 0 bridgehead atoms. The third-order valence-electron chi connectivity index (χ3n) is 21.5. The largest absolute Gasteiger partial charge is 0.456 e. The van der Waals surface area contributed by atoms with Gasteiger partial charge in [0.1, 0.15) is 22.3 Å². The van der Waals surface area contributed by atoms with Crippen molar-refractivity contribution in [2.24, 2.45) is 0 Å². The number of hydrogen-bond donors (Lipinski definition) is 0. The molecule has 11 nitrogen and oxygen atoms in total. The molecule has 542 valence electrons. The van der Waals surface area contributed by atoms with Crippen molar-refractivity contribution in [3.63, 3.8) is 0 Å². The van der Waals surface area contributed by atoms with Gasteiger partial charge in [0.2, 0.25) is 0 Å². The Morgan fingerprint density at radius 3 is 0.931 bits per heavy atom. The molecule has 15 aromatic carbocycles. The van der Waals surface area contributed by atoms with Gasteiger partial charge < -0.3 is 8.83 Å². The van der Waals surface area contributed by atoms with E-state index in [0.717, 1.165) is 189 Å². The highest BCUT2D eigenvalue weighted by Crippen LogP contribution is 2.48. The number of furan rings is 2. The van der Waals surface area contributed by atoms with Crippen LogP contribution < -0.4 is 0 Å². The molecule has 0 spiro atoms. The van der Waals surface area contributed by atoms with E-state index in [0.29, 0.717) is 34.9 Å². The Bertz CT molecular complexity index is 7080. The Balaban J connectivity index is 0.679. The molecule has 0 aliphatic rings. The highest BCUT2D eigenvalue weighted by Gasteiger charge is 2.25. The summed E-state index contributed by atoms with van der Waals surface area (Å²) in [7, 11) is 0. The lowest BCUT2D eigenvalue weighted by atomic mass is 9.89. The van der Waals surface area contributed by atoms with Gasteiger partial charge in [0, 0.05) is 105 Å². The molecule has 0 fully saturated rings. The fraction of sp³-hybridized carbons (Fsp3) is 0. The van der Waals surface area contributed by atoms with Gasteiger partial charge in [-0.25, -0.2) is 44.9 Å². The van der Waals surface area contributed by atoms with Crippen LogP contribution in [0.4, 0.5) is 0 Å². The highest BCUT2D eigenvalue weighted by molar-refractivity contribution is 6.19. The summed E-state index contributed by atoms with van der Waals surface area (Å²) in [5.41, 5.74) is 27.0. The van der Waals surface area contributed by atoms with Gasteiger partial charge in [0.25, 0.3) is 0 Å². The summed E-state index contributed by atoms with van der Waals surface area (Å²) in [4.78, 5) is 47.1. The second-order valence-electron chi connectivity index (χ2n) is 28.7. The first-order valence-corrected chi connectivity index (χ1v) is 38.6. The SMILES string of the molecule is c1ccc(-c2cc(-c3ccc(-c4c(-c5ccc(-c6nc(-c7ccccc7)cc(-c7ccccc7)n6)cc5)ccc5oc6c(-c7cccc(-c8nc(-c9ccccc9)nc(-c9ccc(-c%10c(-c%11cc(-c%12ccccc%12)nc(-c%12ccccc%12)n%11)ccc%11oc%12ccccc%12c%10%11)cc9)n8)c7)cccc6c45)cc3)nc(-c3ccccc3)n2)cc1. The van der Waals surface area contributed by atoms with Gasteiger partial charge in [-0.1, -0.05) is 346 Å². The smallest absolute Gasteiger partial charge is 0.164 e. The minimum absolute atomic E-state index is 0.517. The average molecular weight is 1480 g/mol. The second kappa shape index (κ2) is 29.4. The molecule has 11 heteroatoms. The lowest BCUT2D eigenvalue weighted by Crippen LogP contribution is -2.00. The molecule has 0 atom stereocenters. The quantitative estimate of drug-likeness (QED) is 0.0912. The minimum Gasteiger partial charge on any atom is -0.456 e. The zero-order chi connectivity index (χ0) is 76.8. The number of fused-ring (bicyclic) bond motifs is 6. The van der Waals surface area contributed by atoms with E-state index in [9.17, 15) is 0 Å². The molecule has 0 radical (unpaired) electrons. The van der Waals surface area contributed by atoms with Crippen LogP contribution in [0.15, 0.2) is 403 Å². The van der Waals surface area contributed by atoms with Crippen LogP contribution in [0.5, 0.6) is 0 Å². The van der Waals surface area contributed by atoms with Gasteiger partial charge >= 0.3 is 0 Å². The van der Waals surface area contributed by atoms with Gasteiger partial charge in [-0.2, -0.15) is 0 Å². The van der Waals surface area contributed by atoms with Crippen molar-refractivity contribution in [1.82, 2.24) is 44.9 Å². The maximum absolute atomic E-state index is 7.24. The molecular weight excluding hydrogens is 1420 g/mol. The van der Waals surface area contributed by atoms with E-state index in [4.69, 9.17) is 53.7 Å². The van der Waals surface area contributed by atoms with E-state index in [1.807, 2.05) is 152 Å². The van der Waals surface area contributed by atoms with Gasteiger partial charge in [-0.15, -0.1) is 0 Å².